The normalized spacial score (nSPS) is 11.3. The summed E-state index contributed by atoms with van der Waals surface area (Å²) in [6.45, 7) is 1.85. The number of hydrazone groups is 1. The molecule has 0 aliphatic heterocycles. The lowest BCUT2D eigenvalue weighted by Crippen LogP contribution is -2.33. The van der Waals surface area contributed by atoms with Gasteiger partial charge in [-0.05, 0) is 42.8 Å². The fraction of sp³-hybridized carbons (Fsp3) is 0.0714. The van der Waals surface area contributed by atoms with Crippen LogP contribution in [0.1, 0.15) is 27.0 Å². The van der Waals surface area contributed by atoms with Crippen molar-refractivity contribution in [3.8, 4) is 0 Å². The number of hydrogen-bond acceptors (Lipinski definition) is 6. The van der Waals surface area contributed by atoms with Gasteiger partial charge in [0.15, 0.2) is 0 Å². The topological polar surface area (TPSA) is 122 Å². The van der Waals surface area contributed by atoms with Crippen LogP contribution in [0.25, 0.3) is 0 Å². The molecule has 0 unspecified atom stereocenters. The fourth-order valence-electron chi connectivity index (χ4n) is 3.75. The van der Waals surface area contributed by atoms with Crippen molar-refractivity contribution in [2.45, 2.75) is 18.4 Å². The van der Waals surface area contributed by atoms with E-state index >= 15 is 0 Å². The number of benzene rings is 4. The molecule has 1 N–H and O–H groups in total. The number of carbonyl (C=O) groups excluding carboxylic acids is 1. The van der Waals surface area contributed by atoms with Crippen molar-refractivity contribution < 1.29 is 18.1 Å². The molecule has 1 amide bonds. The molecule has 0 heterocycles. The Morgan fingerprint density at radius 1 is 0.921 bits per heavy atom. The smallest absolute Gasteiger partial charge is 0.267 e. The predicted octanol–water partition coefficient (Wildman–Crippen LogP) is 5.06. The Hall–Kier alpha value is -4.83. The summed E-state index contributed by atoms with van der Waals surface area (Å²) in [5.74, 6) is -0.674. The first-order chi connectivity index (χ1) is 18.3. The highest BCUT2D eigenvalue weighted by molar-refractivity contribution is 7.92. The number of anilines is 1. The van der Waals surface area contributed by atoms with Crippen LogP contribution in [0.4, 0.5) is 11.4 Å². The predicted molar refractivity (Wildman–Crippen MR) is 146 cm³/mol. The molecule has 0 aromatic heterocycles. The van der Waals surface area contributed by atoms with Gasteiger partial charge in [0.25, 0.3) is 21.6 Å². The van der Waals surface area contributed by atoms with Crippen molar-refractivity contribution in [2.75, 3.05) is 4.31 Å². The van der Waals surface area contributed by atoms with Gasteiger partial charge in [-0.25, -0.2) is 13.8 Å². The quantitative estimate of drug-likeness (QED) is 0.185. The van der Waals surface area contributed by atoms with Crippen molar-refractivity contribution in [2.24, 2.45) is 5.10 Å². The largest absolute Gasteiger partial charge is 0.278 e. The summed E-state index contributed by atoms with van der Waals surface area (Å²) < 4.78 is 28.8. The van der Waals surface area contributed by atoms with Crippen LogP contribution in [0.5, 0.6) is 0 Å². The van der Waals surface area contributed by atoms with Gasteiger partial charge in [0, 0.05) is 6.07 Å². The minimum atomic E-state index is -4.06. The lowest BCUT2D eigenvalue weighted by molar-refractivity contribution is -0.385. The average molecular weight is 529 g/mol. The van der Waals surface area contributed by atoms with Gasteiger partial charge >= 0.3 is 0 Å². The maximum absolute atomic E-state index is 13.8. The van der Waals surface area contributed by atoms with E-state index in [1.165, 1.54) is 46.9 Å². The second-order valence-corrected chi connectivity index (χ2v) is 10.2. The zero-order chi connectivity index (χ0) is 27.1. The van der Waals surface area contributed by atoms with E-state index in [4.69, 9.17) is 0 Å². The van der Waals surface area contributed by atoms with Crippen LogP contribution in [0.2, 0.25) is 0 Å². The summed E-state index contributed by atoms with van der Waals surface area (Å²) in [4.78, 5) is 23.9. The van der Waals surface area contributed by atoms with Crippen LogP contribution in [0, 0.1) is 17.0 Å². The summed E-state index contributed by atoms with van der Waals surface area (Å²) in [6.07, 6.45) is 1.17. The highest BCUT2D eigenvalue weighted by atomic mass is 32.2. The molecule has 0 saturated heterocycles. The molecule has 0 aliphatic rings. The van der Waals surface area contributed by atoms with E-state index in [1.807, 2.05) is 25.1 Å². The van der Waals surface area contributed by atoms with Crippen molar-refractivity contribution in [1.82, 2.24) is 5.43 Å². The molecule has 0 spiro atoms. The standard InChI is InChI=1S/C28H24N4O5S/c1-21-15-17-24(18-16-21)38(36,37)31(20-22-9-3-2-4-10-22)27-14-8-6-12-25(27)28(33)30-29-19-23-11-5-7-13-26(23)32(34)35/h2-19H,20H2,1H3,(H,30,33). The Morgan fingerprint density at radius 2 is 1.55 bits per heavy atom. The van der Waals surface area contributed by atoms with E-state index in [0.717, 1.165) is 11.1 Å². The first-order valence-corrected chi connectivity index (χ1v) is 13.0. The van der Waals surface area contributed by atoms with Gasteiger partial charge in [-0.15, -0.1) is 0 Å². The van der Waals surface area contributed by atoms with E-state index in [-0.39, 0.29) is 33.9 Å². The summed E-state index contributed by atoms with van der Waals surface area (Å²) in [5.41, 5.74) is 4.27. The minimum Gasteiger partial charge on any atom is -0.267 e. The number of nitro benzene ring substituents is 1. The Bertz CT molecular complexity index is 1590. The number of aryl methyl sites for hydroxylation is 1. The molecule has 4 rings (SSSR count). The van der Waals surface area contributed by atoms with Gasteiger partial charge < -0.3 is 0 Å². The number of hydrogen-bond donors (Lipinski definition) is 1. The minimum absolute atomic E-state index is 0.0131. The Morgan fingerprint density at radius 3 is 2.26 bits per heavy atom. The van der Waals surface area contributed by atoms with Gasteiger partial charge in [0.05, 0.1) is 39.4 Å². The van der Waals surface area contributed by atoms with Crippen LogP contribution in [0.3, 0.4) is 0 Å². The summed E-state index contributed by atoms with van der Waals surface area (Å²) in [5, 5.41) is 15.1. The molecule has 0 atom stereocenters. The van der Waals surface area contributed by atoms with E-state index < -0.39 is 20.9 Å². The summed E-state index contributed by atoms with van der Waals surface area (Å²) >= 11 is 0. The maximum atomic E-state index is 13.8. The third-order valence-corrected chi connectivity index (χ3v) is 7.47. The van der Waals surface area contributed by atoms with Gasteiger partial charge in [0.2, 0.25) is 0 Å². The van der Waals surface area contributed by atoms with Crippen LogP contribution >= 0.6 is 0 Å². The van der Waals surface area contributed by atoms with Crippen LogP contribution in [-0.4, -0.2) is 25.5 Å². The van der Waals surface area contributed by atoms with Gasteiger partial charge in [-0.1, -0.05) is 72.3 Å². The van der Waals surface area contributed by atoms with Gasteiger partial charge in [-0.2, -0.15) is 5.10 Å². The molecule has 0 bridgehead atoms. The fourth-order valence-corrected chi connectivity index (χ4v) is 5.22. The molecule has 10 heteroatoms. The molecule has 4 aromatic carbocycles. The van der Waals surface area contributed by atoms with E-state index in [2.05, 4.69) is 10.5 Å². The monoisotopic (exact) mass is 528 g/mol. The second kappa shape index (κ2) is 11.5. The molecule has 9 nitrogen and oxygen atoms in total. The van der Waals surface area contributed by atoms with E-state index in [0.29, 0.717) is 0 Å². The van der Waals surface area contributed by atoms with Crippen LogP contribution in [0.15, 0.2) is 113 Å². The highest BCUT2D eigenvalue weighted by Crippen LogP contribution is 2.29. The lowest BCUT2D eigenvalue weighted by Gasteiger charge is -2.26. The van der Waals surface area contributed by atoms with Crippen molar-refractivity contribution in [3.63, 3.8) is 0 Å². The van der Waals surface area contributed by atoms with Crippen LogP contribution in [-0.2, 0) is 16.6 Å². The molecule has 38 heavy (non-hydrogen) atoms. The number of para-hydroxylation sites is 2. The zero-order valence-corrected chi connectivity index (χ0v) is 21.2. The molecule has 0 radical (unpaired) electrons. The molecule has 0 fully saturated rings. The molecule has 0 aliphatic carbocycles. The van der Waals surface area contributed by atoms with Crippen molar-refractivity contribution >= 4 is 33.5 Å². The lowest BCUT2D eigenvalue weighted by atomic mass is 10.1. The number of nitrogens with one attached hydrogen (secondary N) is 1. The number of carbonyl (C=O) groups is 1. The highest BCUT2D eigenvalue weighted by Gasteiger charge is 2.28. The Labute approximate surface area is 220 Å². The molecule has 0 saturated carbocycles. The van der Waals surface area contributed by atoms with Gasteiger partial charge in [-0.3, -0.25) is 19.2 Å². The maximum Gasteiger partial charge on any atom is 0.278 e. The number of rotatable bonds is 9. The zero-order valence-electron chi connectivity index (χ0n) is 20.4. The van der Waals surface area contributed by atoms with E-state index in [1.54, 1.807) is 48.5 Å². The number of amides is 1. The number of sulfonamides is 1. The van der Waals surface area contributed by atoms with Crippen molar-refractivity contribution in [3.05, 3.63) is 135 Å². The third-order valence-electron chi connectivity index (χ3n) is 5.70. The summed E-state index contributed by atoms with van der Waals surface area (Å²) in [7, 11) is -4.06. The van der Waals surface area contributed by atoms with Gasteiger partial charge in [0.1, 0.15) is 0 Å². The van der Waals surface area contributed by atoms with Crippen LogP contribution < -0.4 is 9.73 Å². The SMILES string of the molecule is Cc1ccc(S(=O)(=O)N(Cc2ccccc2)c2ccccc2C(=O)NN=Cc2ccccc2[N+](=O)[O-])cc1. The Balaban J connectivity index is 1.70. The molecular weight excluding hydrogens is 504 g/mol. The second-order valence-electron chi connectivity index (χ2n) is 8.34. The van der Waals surface area contributed by atoms with E-state index in [9.17, 15) is 23.3 Å². The summed E-state index contributed by atoms with van der Waals surface area (Å²) in [6, 6.07) is 27.8. The third kappa shape index (κ3) is 5.93. The average Bonchev–Trinajstić information content (AvgIpc) is 2.92. The first kappa shape index (κ1) is 26.2. The Kier molecular flexibility index (Phi) is 7.93. The first-order valence-electron chi connectivity index (χ1n) is 11.6. The number of nitro groups is 1. The molecular formula is C28H24N4O5S. The van der Waals surface area contributed by atoms with Crippen molar-refractivity contribution in [1.29, 1.82) is 0 Å². The number of nitrogens with zero attached hydrogens (tertiary/aromatic N) is 3. The molecule has 192 valence electrons. The molecule has 4 aromatic rings.